The highest BCUT2D eigenvalue weighted by Crippen LogP contribution is 2.26. The summed E-state index contributed by atoms with van der Waals surface area (Å²) in [5.74, 6) is 0.562. The van der Waals surface area contributed by atoms with Crippen molar-refractivity contribution < 1.29 is 8.42 Å². The number of sulfonamides is 1. The van der Waals surface area contributed by atoms with Crippen LogP contribution in [0.25, 0.3) is 0 Å². The van der Waals surface area contributed by atoms with Gasteiger partial charge in [-0.05, 0) is 37.6 Å². The predicted octanol–water partition coefficient (Wildman–Crippen LogP) is 0.670. The number of hydrogen-bond donors (Lipinski definition) is 3. The molecule has 1 unspecified atom stereocenters. The number of nitrogens with one attached hydrogen (secondary N) is 1. The van der Waals surface area contributed by atoms with Gasteiger partial charge in [0.2, 0.25) is 10.0 Å². The lowest BCUT2D eigenvalue weighted by molar-refractivity contribution is 0.345. The molecule has 0 aliphatic carbocycles. The lowest BCUT2D eigenvalue weighted by Gasteiger charge is -2.16. The van der Waals surface area contributed by atoms with Gasteiger partial charge in [0.15, 0.2) is 0 Å². The van der Waals surface area contributed by atoms with E-state index in [1.54, 1.807) is 12.1 Å². The van der Waals surface area contributed by atoms with Crippen LogP contribution in [-0.4, -0.2) is 39.5 Å². The number of hydrogen-bond acceptors (Lipinski definition) is 5. The molecule has 1 aromatic rings. The Labute approximate surface area is 120 Å². The van der Waals surface area contributed by atoms with E-state index in [4.69, 9.17) is 10.9 Å². The van der Waals surface area contributed by atoms with E-state index in [-0.39, 0.29) is 10.6 Å². The second-order valence-electron chi connectivity index (χ2n) is 5.19. The first-order chi connectivity index (χ1) is 9.41. The number of benzene rings is 1. The minimum atomic E-state index is -3.78. The molecule has 0 aromatic heterocycles. The average molecular weight is 298 g/mol. The Morgan fingerprint density at radius 1 is 1.45 bits per heavy atom. The smallest absolute Gasteiger partial charge is 0.240 e. The fourth-order valence-electron chi connectivity index (χ4n) is 2.57. The molecule has 1 saturated heterocycles. The van der Waals surface area contributed by atoms with E-state index in [9.17, 15) is 8.42 Å². The van der Waals surface area contributed by atoms with Crippen LogP contribution >= 0.6 is 0 Å². The molecule has 5 N–H and O–H groups in total. The number of primary sulfonamides is 1. The summed E-state index contributed by atoms with van der Waals surface area (Å²) >= 11 is 0. The first kappa shape index (κ1) is 15.1. The maximum atomic E-state index is 11.4. The monoisotopic (exact) mass is 298 g/mol. The zero-order valence-electron chi connectivity index (χ0n) is 11.7. The summed E-state index contributed by atoms with van der Waals surface area (Å²) in [5.41, 5.74) is 6.70. The quantitative estimate of drug-likeness (QED) is 0.694. The Morgan fingerprint density at radius 3 is 2.80 bits per heavy atom. The molecule has 0 bridgehead atoms. The summed E-state index contributed by atoms with van der Waals surface area (Å²) < 4.78 is 22.8. The molecule has 2 rings (SSSR count). The molecule has 1 aliphatic heterocycles. The van der Waals surface area contributed by atoms with Gasteiger partial charge in [0.05, 0.1) is 11.4 Å². The molecular weight excluding hydrogens is 276 g/mol. The third-order valence-electron chi connectivity index (χ3n) is 3.77. The molecule has 20 heavy (non-hydrogen) atoms. The van der Waals surface area contributed by atoms with Gasteiger partial charge in [0.25, 0.3) is 0 Å². The Bertz CT molecular complexity index is 574. The van der Waals surface area contributed by atoms with E-state index in [0.29, 0.717) is 11.6 Å². The SMILES string of the molecule is CCN1CCC(CNc2cccc(S(N)(=O)=O)c2N)C1. The van der Waals surface area contributed by atoms with E-state index < -0.39 is 10.0 Å². The lowest BCUT2D eigenvalue weighted by Crippen LogP contribution is -2.23. The van der Waals surface area contributed by atoms with E-state index in [1.165, 1.54) is 6.07 Å². The van der Waals surface area contributed by atoms with E-state index in [0.717, 1.165) is 32.6 Å². The van der Waals surface area contributed by atoms with Gasteiger partial charge in [-0.2, -0.15) is 0 Å². The average Bonchev–Trinajstić information content (AvgIpc) is 2.84. The molecular formula is C13H22N4O2S. The van der Waals surface area contributed by atoms with Gasteiger partial charge >= 0.3 is 0 Å². The minimum Gasteiger partial charge on any atom is -0.396 e. The van der Waals surface area contributed by atoms with Crippen molar-refractivity contribution in [3.05, 3.63) is 18.2 Å². The van der Waals surface area contributed by atoms with Crippen LogP contribution in [0.2, 0.25) is 0 Å². The molecule has 7 heteroatoms. The molecule has 6 nitrogen and oxygen atoms in total. The van der Waals surface area contributed by atoms with Crippen LogP contribution in [0.1, 0.15) is 13.3 Å². The van der Waals surface area contributed by atoms with Gasteiger partial charge in [-0.1, -0.05) is 13.0 Å². The van der Waals surface area contributed by atoms with Crippen molar-refractivity contribution in [2.45, 2.75) is 18.2 Å². The standard InChI is InChI=1S/C13H22N4O2S/c1-2-17-7-6-10(9-17)8-16-11-4-3-5-12(13(11)14)20(15,18)19/h3-5,10,16H,2,6-9,14H2,1H3,(H2,15,18,19). The van der Waals surface area contributed by atoms with Crippen LogP contribution in [0.3, 0.4) is 0 Å². The van der Waals surface area contributed by atoms with Crippen molar-refractivity contribution in [2.75, 3.05) is 37.2 Å². The lowest BCUT2D eigenvalue weighted by atomic mass is 10.1. The zero-order valence-corrected chi connectivity index (χ0v) is 12.5. The number of nitrogen functional groups attached to an aromatic ring is 1. The van der Waals surface area contributed by atoms with Crippen molar-refractivity contribution in [3.8, 4) is 0 Å². The molecule has 0 radical (unpaired) electrons. The third-order valence-corrected chi connectivity index (χ3v) is 4.74. The van der Waals surface area contributed by atoms with Gasteiger partial charge in [-0.3, -0.25) is 0 Å². The second kappa shape index (κ2) is 5.99. The first-order valence-corrected chi connectivity index (χ1v) is 8.34. The summed E-state index contributed by atoms with van der Waals surface area (Å²) in [6.45, 7) is 6.20. The molecule has 0 amide bonds. The Balaban J connectivity index is 2.04. The second-order valence-corrected chi connectivity index (χ2v) is 6.72. The largest absolute Gasteiger partial charge is 0.396 e. The van der Waals surface area contributed by atoms with Crippen LogP contribution in [0.4, 0.5) is 11.4 Å². The number of nitrogens with zero attached hydrogens (tertiary/aromatic N) is 1. The summed E-state index contributed by atoms with van der Waals surface area (Å²) in [7, 11) is -3.78. The van der Waals surface area contributed by atoms with E-state index in [2.05, 4.69) is 17.1 Å². The van der Waals surface area contributed by atoms with Crippen LogP contribution in [-0.2, 0) is 10.0 Å². The van der Waals surface area contributed by atoms with Crippen LogP contribution in [0, 0.1) is 5.92 Å². The molecule has 1 fully saturated rings. The Morgan fingerprint density at radius 2 is 2.20 bits per heavy atom. The number of likely N-dealkylation sites (tertiary alicyclic amines) is 1. The molecule has 1 atom stereocenters. The van der Waals surface area contributed by atoms with Crippen molar-refractivity contribution in [1.82, 2.24) is 4.90 Å². The predicted molar refractivity (Wildman–Crippen MR) is 80.9 cm³/mol. The molecule has 1 aliphatic rings. The highest BCUT2D eigenvalue weighted by Gasteiger charge is 2.21. The highest BCUT2D eigenvalue weighted by atomic mass is 32.2. The van der Waals surface area contributed by atoms with E-state index in [1.807, 2.05) is 0 Å². The van der Waals surface area contributed by atoms with Gasteiger partial charge in [0.1, 0.15) is 4.90 Å². The normalized spacial score (nSPS) is 20.2. The molecule has 1 heterocycles. The van der Waals surface area contributed by atoms with Crippen molar-refractivity contribution in [3.63, 3.8) is 0 Å². The number of para-hydroxylation sites is 1. The van der Waals surface area contributed by atoms with Crippen molar-refractivity contribution in [1.29, 1.82) is 0 Å². The van der Waals surface area contributed by atoms with Gasteiger partial charge in [-0.25, -0.2) is 13.6 Å². The summed E-state index contributed by atoms with van der Waals surface area (Å²) in [6.07, 6.45) is 1.15. The number of rotatable bonds is 5. The van der Waals surface area contributed by atoms with Crippen molar-refractivity contribution >= 4 is 21.4 Å². The highest BCUT2D eigenvalue weighted by molar-refractivity contribution is 7.89. The third kappa shape index (κ3) is 3.41. The van der Waals surface area contributed by atoms with Gasteiger partial charge < -0.3 is 16.0 Å². The topological polar surface area (TPSA) is 101 Å². The minimum absolute atomic E-state index is 0.0240. The van der Waals surface area contributed by atoms with Gasteiger partial charge in [0, 0.05) is 13.1 Å². The molecule has 1 aromatic carbocycles. The summed E-state index contributed by atoms with van der Waals surface area (Å²) in [4.78, 5) is 2.38. The van der Waals surface area contributed by atoms with Crippen LogP contribution in [0.5, 0.6) is 0 Å². The summed E-state index contributed by atoms with van der Waals surface area (Å²) in [6, 6.07) is 4.84. The molecule has 0 saturated carbocycles. The molecule has 0 spiro atoms. The maximum absolute atomic E-state index is 11.4. The Hall–Kier alpha value is -1.31. The van der Waals surface area contributed by atoms with Crippen LogP contribution < -0.4 is 16.2 Å². The zero-order chi connectivity index (χ0) is 14.8. The maximum Gasteiger partial charge on any atom is 0.240 e. The first-order valence-electron chi connectivity index (χ1n) is 6.79. The van der Waals surface area contributed by atoms with Crippen LogP contribution in [0.15, 0.2) is 23.1 Å². The van der Waals surface area contributed by atoms with E-state index >= 15 is 0 Å². The van der Waals surface area contributed by atoms with Gasteiger partial charge in [-0.15, -0.1) is 0 Å². The fraction of sp³-hybridized carbons (Fsp3) is 0.538. The molecule has 112 valence electrons. The van der Waals surface area contributed by atoms with Crippen molar-refractivity contribution in [2.24, 2.45) is 11.1 Å². The number of anilines is 2. The fourth-order valence-corrected chi connectivity index (χ4v) is 3.25. The summed E-state index contributed by atoms with van der Waals surface area (Å²) in [5, 5.41) is 8.38. The number of nitrogens with two attached hydrogens (primary N) is 2. The Kier molecular flexibility index (Phi) is 4.52.